The van der Waals surface area contributed by atoms with Crippen LogP contribution in [0.1, 0.15) is 0 Å². The summed E-state index contributed by atoms with van der Waals surface area (Å²) in [5.41, 5.74) is 7.87. The van der Waals surface area contributed by atoms with Crippen molar-refractivity contribution in [3.05, 3.63) is 176 Å². The molecule has 0 bridgehead atoms. The van der Waals surface area contributed by atoms with Gasteiger partial charge in [0.1, 0.15) is 0 Å². The summed E-state index contributed by atoms with van der Waals surface area (Å²) in [6.45, 7) is 0. The van der Waals surface area contributed by atoms with Crippen LogP contribution in [0.4, 0.5) is 0 Å². The molecule has 50 heavy (non-hydrogen) atoms. The van der Waals surface area contributed by atoms with Crippen molar-refractivity contribution in [2.45, 2.75) is 0 Å². The highest BCUT2D eigenvalue weighted by Crippen LogP contribution is 2.44. The molecule has 8 aromatic carbocycles. The minimum absolute atomic E-state index is 0.691. The first-order chi connectivity index (χ1) is 24.8. The number of pyridine rings is 1. The third kappa shape index (κ3) is 4.63. The summed E-state index contributed by atoms with van der Waals surface area (Å²) >= 11 is 0. The van der Waals surface area contributed by atoms with Crippen LogP contribution < -0.4 is 0 Å². The highest BCUT2D eigenvalue weighted by atomic mass is 14.9. The van der Waals surface area contributed by atoms with Crippen molar-refractivity contribution >= 4 is 54.0 Å². The van der Waals surface area contributed by atoms with Crippen molar-refractivity contribution in [1.29, 1.82) is 0 Å². The van der Waals surface area contributed by atoms with Crippen LogP contribution in [0.2, 0.25) is 0 Å². The van der Waals surface area contributed by atoms with Crippen LogP contribution >= 0.6 is 0 Å². The highest BCUT2D eigenvalue weighted by Gasteiger charge is 2.18. The van der Waals surface area contributed by atoms with E-state index < -0.39 is 0 Å². The largest absolute Gasteiger partial charge is 0.247 e. The number of para-hydroxylation sites is 1. The van der Waals surface area contributed by atoms with Gasteiger partial charge in [-0.1, -0.05) is 152 Å². The standard InChI is InChI=1S/C47H29N3/c1-3-13-30(14-4-1)42-29-43(31-15-5-2-6-16-31)50-47(49-42)33-25-23-32(24-26-33)46-45-37-20-10-9-19-36(37)39-27-34-17-7-8-18-35(34)28-40(39)44(45)38-21-11-12-22-41(38)48-46/h1-29H. The Morgan fingerprint density at radius 1 is 0.300 bits per heavy atom. The van der Waals surface area contributed by atoms with Crippen molar-refractivity contribution in [2.24, 2.45) is 0 Å². The third-order valence-electron chi connectivity index (χ3n) is 9.82. The van der Waals surface area contributed by atoms with Crippen LogP contribution in [0.15, 0.2) is 176 Å². The summed E-state index contributed by atoms with van der Waals surface area (Å²) in [5, 5.41) is 11.0. The lowest BCUT2D eigenvalue weighted by atomic mass is 9.88. The van der Waals surface area contributed by atoms with Gasteiger partial charge in [0.2, 0.25) is 0 Å². The fourth-order valence-corrected chi connectivity index (χ4v) is 7.44. The average Bonchev–Trinajstić information content (AvgIpc) is 3.20. The molecule has 0 saturated heterocycles. The summed E-state index contributed by atoms with van der Waals surface area (Å²) in [7, 11) is 0. The van der Waals surface area contributed by atoms with Crippen molar-refractivity contribution in [2.75, 3.05) is 0 Å². The fourth-order valence-electron chi connectivity index (χ4n) is 7.44. The molecule has 0 fully saturated rings. The maximum Gasteiger partial charge on any atom is 0.160 e. The Morgan fingerprint density at radius 3 is 1.48 bits per heavy atom. The normalized spacial score (nSPS) is 11.6. The van der Waals surface area contributed by atoms with E-state index in [4.69, 9.17) is 15.0 Å². The first-order valence-corrected chi connectivity index (χ1v) is 16.9. The molecule has 0 spiro atoms. The van der Waals surface area contributed by atoms with E-state index in [1.54, 1.807) is 0 Å². The van der Waals surface area contributed by atoms with Gasteiger partial charge >= 0.3 is 0 Å². The molecular weight excluding hydrogens is 607 g/mol. The van der Waals surface area contributed by atoms with Crippen LogP contribution in [0.25, 0.3) is 99.2 Å². The van der Waals surface area contributed by atoms with Gasteiger partial charge in [-0.15, -0.1) is 0 Å². The van der Waals surface area contributed by atoms with E-state index in [1.807, 2.05) is 36.4 Å². The average molecular weight is 636 g/mol. The number of hydrogen-bond donors (Lipinski definition) is 0. The maximum atomic E-state index is 5.37. The molecule has 10 rings (SSSR count). The first-order valence-electron chi connectivity index (χ1n) is 16.9. The fraction of sp³-hybridized carbons (Fsp3) is 0. The lowest BCUT2D eigenvalue weighted by molar-refractivity contribution is 1.18. The predicted octanol–water partition coefficient (Wildman–Crippen LogP) is 12.3. The molecule has 0 radical (unpaired) electrons. The van der Waals surface area contributed by atoms with Gasteiger partial charge in [0.05, 0.1) is 22.6 Å². The molecule has 0 aliphatic carbocycles. The van der Waals surface area contributed by atoms with Crippen LogP contribution in [-0.4, -0.2) is 15.0 Å². The number of aromatic nitrogens is 3. The molecule has 0 atom stereocenters. The van der Waals surface area contributed by atoms with Crippen LogP contribution in [0.3, 0.4) is 0 Å². The molecule has 0 N–H and O–H groups in total. The molecule has 3 nitrogen and oxygen atoms in total. The first kappa shape index (κ1) is 28.3. The molecule has 0 aliphatic heterocycles. The summed E-state index contributed by atoms with van der Waals surface area (Å²) < 4.78 is 0. The minimum Gasteiger partial charge on any atom is -0.247 e. The van der Waals surface area contributed by atoms with Gasteiger partial charge in [-0.3, -0.25) is 0 Å². The zero-order valence-corrected chi connectivity index (χ0v) is 27.1. The minimum atomic E-state index is 0.691. The molecule has 2 aromatic heterocycles. The number of fused-ring (bicyclic) bond motifs is 9. The Balaban J connectivity index is 1.21. The number of nitrogens with zero attached hydrogens (tertiary/aromatic N) is 3. The number of rotatable bonds is 4. The highest BCUT2D eigenvalue weighted by molar-refractivity contribution is 6.34. The predicted molar refractivity (Wildman–Crippen MR) is 209 cm³/mol. The maximum absolute atomic E-state index is 5.37. The molecule has 0 amide bonds. The molecule has 232 valence electrons. The Kier molecular flexibility index (Phi) is 6.49. The van der Waals surface area contributed by atoms with E-state index in [-0.39, 0.29) is 0 Å². The van der Waals surface area contributed by atoms with Crippen molar-refractivity contribution in [3.63, 3.8) is 0 Å². The molecule has 0 aliphatic rings. The number of hydrogen-bond acceptors (Lipinski definition) is 3. The van der Waals surface area contributed by atoms with Gasteiger partial charge < -0.3 is 0 Å². The summed E-state index contributed by atoms with van der Waals surface area (Å²) in [6.07, 6.45) is 0. The summed E-state index contributed by atoms with van der Waals surface area (Å²) in [5.74, 6) is 0.691. The van der Waals surface area contributed by atoms with Gasteiger partial charge in [0.15, 0.2) is 5.82 Å². The molecule has 2 heterocycles. The zero-order valence-electron chi connectivity index (χ0n) is 27.1. The van der Waals surface area contributed by atoms with E-state index in [2.05, 4.69) is 140 Å². The molecule has 3 heteroatoms. The summed E-state index contributed by atoms with van der Waals surface area (Å²) in [4.78, 5) is 15.5. The Morgan fingerprint density at radius 2 is 0.820 bits per heavy atom. The van der Waals surface area contributed by atoms with Crippen LogP contribution in [0.5, 0.6) is 0 Å². The van der Waals surface area contributed by atoms with E-state index in [0.717, 1.165) is 50.2 Å². The van der Waals surface area contributed by atoms with Crippen LogP contribution in [-0.2, 0) is 0 Å². The van der Waals surface area contributed by atoms with Crippen LogP contribution in [0, 0.1) is 0 Å². The second-order valence-corrected chi connectivity index (χ2v) is 12.8. The molecule has 10 aromatic rings. The Labute approximate surface area is 289 Å². The lowest BCUT2D eigenvalue weighted by Gasteiger charge is -2.17. The van der Waals surface area contributed by atoms with Gasteiger partial charge in [-0.25, -0.2) is 15.0 Å². The quantitative estimate of drug-likeness (QED) is 0.143. The topological polar surface area (TPSA) is 38.7 Å². The Bertz CT molecular complexity index is 2830. The van der Waals surface area contributed by atoms with E-state index in [0.29, 0.717) is 5.82 Å². The SMILES string of the molecule is c1ccc(-c2cc(-c3ccccc3)nc(-c3ccc(-c4nc5ccccc5c5c6cc7ccccc7cc6c6ccccc6c45)cc3)n2)cc1. The molecular formula is C47H29N3. The van der Waals surface area contributed by atoms with E-state index >= 15 is 0 Å². The second kappa shape index (κ2) is 11.5. The molecule has 0 saturated carbocycles. The van der Waals surface area contributed by atoms with Crippen molar-refractivity contribution < 1.29 is 0 Å². The van der Waals surface area contributed by atoms with Gasteiger partial charge in [0.25, 0.3) is 0 Å². The smallest absolute Gasteiger partial charge is 0.160 e. The van der Waals surface area contributed by atoms with E-state index in [1.165, 1.54) is 43.1 Å². The Hall–Kier alpha value is -6.71. The summed E-state index contributed by atoms with van der Waals surface area (Å²) in [6, 6.07) is 62.0. The van der Waals surface area contributed by atoms with Crippen molar-refractivity contribution in [3.8, 4) is 45.2 Å². The van der Waals surface area contributed by atoms with Gasteiger partial charge in [-0.2, -0.15) is 0 Å². The second-order valence-electron chi connectivity index (χ2n) is 12.8. The molecule has 0 unspecified atom stereocenters. The number of benzene rings is 8. The van der Waals surface area contributed by atoms with Crippen molar-refractivity contribution in [1.82, 2.24) is 15.0 Å². The van der Waals surface area contributed by atoms with E-state index in [9.17, 15) is 0 Å². The third-order valence-corrected chi connectivity index (χ3v) is 9.82. The van der Waals surface area contributed by atoms with Gasteiger partial charge in [-0.05, 0) is 56.6 Å². The van der Waals surface area contributed by atoms with Gasteiger partial charge in [0, 0.05) is 38.4 Å². The lowest BCUT2D eigenvalue weighted by Crippen LogP contribution is -1.96. The zero-order chi connectivity index (χ0) is 33.0. The monoisotopic (exact) mass is 635 g/mol.